The van der Waals surface area contributed by atoms with Crippen molar-refractivity contribution in [3.8, 4) is 0 Å². The van der Waals surface area contributed by atoms with Crippen molar-refractivity contribution in [1.29, 1.82) is 0 Å². The van der Waals surface area contributed by atoms with Crippen molar-refractivity contribution in [2.75, 3.05) is 19.8 Å². The molecular weight excluding hydrogens is 332 g/mol. The van der Waals surface area contributed by atoms with Crippen LogP contribution < -0.4 is 4.90 Å². The molecule has 2 heterocycles. The van der Waals surface area contributed by atoms with Crippen LogP contribution in [0.4, 0.5) is 4.79 Å². The summed E-state index contributed by atoms with van der Waals surface area (Å²) >= 11 is 1.06. The molecule has 5 heteroatoms. The predicted octanol–water partition coefficient (Wildman–Crippen LogP) is 3.05. The van der Waals surface area contributed by atoms with Gasteiger partial charge in [0.1, 0.15) is 0 Å². The summed E-state index contributed by atoms with van der Waals surface area (Å²) in [5, 5.41) is -0.138. The van der Waals surface area contributed by atoms with Crippen molar-refractivity contribution in [2.45, 2.75) is 45.4 Å². The Bertz CT molecular complexity index is 683. The smallest absolute Gasteiger partial charge is 0.298 e. The van der Waals surface area contributed by atoms with E-state index in [2.05, 4.69) is 32.9 Å². The van der Waals surface area contributed by atoms with Crippen molar-refractivity contribution >= 4 is 29.0 Å². The molecule has 25 heavy (non-hydrogen) atoms. The molecule has 0 spiro atoms. The maximum atomic E-state index is 12.6. The summed E-state index contributed by atoms with van der Waals surface area (Å²) in [4.78, 5) is 28.2. The maximum Gasteiger partial charge on any atom is 0.298 e. The lowest BCUT2D eigenvalue weighted by Crippen LogP contribution is -3.14. The molecule has 0 saturated carbocycles. The number of carbonyl (C=O) groups excluding carboxylic acids is 2. The number of imide groups is 1. The van der Waals surface area contributed by atoms with Crippen molar-refractivity contribution in [3.05, 3.63) is 40.3 Å². The van der Waals surface area contributed by atoms with Crippen LogP contribution in [0.25, 0.3) is 6.08 Å². The molecule has 2 saturated heterocycles. The van der Waals surface area contributed by atoms with Gasteiger partial charge < -0.3 is 4.90 Å². The summed E-state index contributed by atoms with van der Waals surface area (Å²) in [7, 11) is 0. The van der Waals surface area contributed by atoms with Gasteiger partial charge in [0.15, 0.2) is 6.67 Å². The fourth-order valence-electron chi connectivity index (χ4n) is 3.30. The molecule has 0 bridgehead atoms. The number of hydrogen-bond acceptors (Lipinski definition) is 3. The van der Waals surface area contributed by atoms with E-state index in [1.165, 1.54) is 34.6 Å². The third-order valence-corrected chi connectivity index (χ3v) is 5.80. The predicted molar refractivity (Wildman–Crippen MR) is 102 cm³/mol. The van der Waals surface area contributed by atoms with Crippen LogP contribution in [0.15, 0.2) is 29.2 Å². The van der Waals surface area contributed by atoms with Gasteiger partial charge in [-0.15, -0.1) is 0 Å². The normalized spacial score (nSPS) is 21.4. The Morgan fingerprint density at radius 2 is 1.72 bits per heavy atom. The minimum absolute atomic E-state index is 0.105. The Balaban J connectivity index is 1.71. The van der Waals surface area contributed by atoms with Gasteiger partial charge in [-0.25, -0.2) is 4.90 Å². The molecule has 1 N–H and O–H groups in total. The molecule has 0 aliphatic carbocycles. The first-order chi connectivity index (χ1) is 11.8. The summed E-state index contributed by atoms with van der Waals surface area (Å²) in [5.41, 5.74) is 2.32. The molecule has 134 valence electrons. The van der Waals surface area contributed by atoms with Gasteiger partial charge in [-0.1, -0.05) is 45.0 Å². The van der Waals surface area contributed by atoms with Gasteiger partial charge in [0.2, 0.25) is 0 Å². The molecule has 1 aromatic carbocycles. The Kier molecular flexibility index (Phi) is 5.35. The fourth-order valence-corrected chi connectivity index (χ4v) is 4.14. The molecule has 2 aliphatic rings. The van der Waals surface area contributed by atoms with Crippen LogP contribution in [0.3, 0.4) is 0 Å². The number of thioether (sulfide) groups is 1. The van der Waals surface area contributed by atoms with Gasteiger partial charge in [-0.2, -0.15) is 0 Å². The second-order valence-corrected chi connectivity index (χ2v) is 8.94. The first-order valence-electron chi connectivity index (χ1n) is 9.04. The highest BCUT2D eigenvalue weighted by Gasteiger charge is 2.37. The summed E-state index contributed by atoms with van der Waals surface area (Å²) in [5.74, 6) is -0.145. The van der Waals surface area contributed by atoms with Crippen molar-refractivity contribution < 1.29 is 14.5 Å². The van der Waals surface area contributed by atoms with Gasteiger partial charge in [0, 0.05) is 0 Å². The lowest BCUT2D eigenvalue weighted by Gasteiger charge is -2.26. The molecule has 2 amide bonds. The summed E-state index contributed by atoms with van der Waals surface area (Å²) in [6, 6.07) is 8.22. The monoisotopic (exact) mass is 359 g/mol. The zero-order valence-corrected chi connectivity index (χ0v) is 16.1. The molecule has 3 rings (SSSR count). The van der Waals surface area contributed by atoms with E-state index in [9.17, 15) is 9.59 Å². The second-order valence-electron chi connectivity index (χ2n) is 7.95. The molecule has 4 nitrogen and oxygen atoms in total. The van der Waals surface area contributed by atoms with E-state index in [1.54, 1.807) is 0 Å². The van der Waals surface area contributed by atoms with Crippen LogP contribution in [0, 0.1) is 0 Å². The van der Waals surface area contributed by atoms with Gasteiger partial charge >= 0.3 is 0 Å². The Morgan fingerprint density at radius 3 is 2.32 bits per heavy atom. The molecule has 2 aliphatic heterocycles. The summed E-state index contributed by atoms with van der Waals surface area (Å²) in [6.45, 7) is 9.14. The van der Waals surface area contributed by atoms with Gasteiger partial charge in [-0.3, -0.25) is 9.59 Å². The van der Waals surface area contributed by atoms with E-state index in [0.29, 0.717) is 11.6 Å². The molecule has 0 atom stereocenters. The number of benzene rings is 1. The van der Waals surface area contributed by atoms with Crippen LogP contribution in [-0.4, -0.2) is 35.8 Å². The number of hydrogen-bond donors (Lipinski definition) is 1. The molecule has 0 unspecified atom stereocenters. The minimum atomic E-state index is -0.145. The quantitative estimate of drug-likeness (QED) is 0.844. The number of rotatable bonds is 3. The fraction of sp³-hybridized carbons (Fsp3) is 0.500. The van der Waals surface area contributed by atoms with E-state index in [4.69, 9.17) is 0 Å². The largest absolute Gasteiger partial charge is 0.317 e. The van der Waals surface area contributed by atoms with Gasteiger partial charge in [0.05, 0.1) is 18.0 Å². The maximum absolute atomic E-state index is 12.6. The number of nitrogens with one attached hydrogen (secondary N) is 1. The van der Waals surface area contributed by atoms with Crippen LogP contribution >= 0.6 is 11.8 Å². The zero-order valence-electron chi connectivity index (χ0n) is 15.3. The zero-order chi connectivity index (χ0) is 18.0. The molecular formula is C20H27N2O2S+. The van der Waals surface area contributed by atoms with E-state index in [0.717, 1.165) is 30.4 Å². The Morgan fingerprint density at radius 1 is 1.08 bits per heavy atom. The highest BCUT2D eigenvalue weighted by atomic mass is 32.2. The van der Waals surface area contributed by atoms with Gasteiger partial charge in [-0.05, 0) is 53.6 Å². The number of amides is 2. The van der Waals surface area contributed by atoms with E-state index in [-0.39, 0.29) is 16.6 Å². The molecule has 2 fully saturated rings. The number of likely N-dealkylation sites (tertiary alicyclic amines) is 1. The first kappa shape index (κ1) is 18.2. The van der Waals surface area contributed by atoms with E-state index >= 15 is 0 Å². The number of quaternary nitrogens is 1. The van der Waals surface area contributed by atoms with Crippen LogP contribution in [-0.2, 0) is 10.2 Å². The Labute approximate surface area is 154 Å². The summed E-state index contributed by atoms with van der Waals surface area (Å²) in [6.07, 6.45) is 5.46. The van der Waals surface area contributed by atoms with Crippen LogP contribution in [0.2, 0.25) is 0 Å². The summed E-state index contributed by atoms with van der Waals surface area (Å²) < 4.78 is 0. The average Bonchev–Trinajstić information content (AvgIpc) is 2.83. The van der Waals surface area contributed by atoms with E-state index < -0.39 is 0 Å². The van der Waals surface area contributed by atoms with Crippen molar-refractivity contribution in [2.24, 2.45) is 0 Å². The lowest BCUT2D eigenvalue weighted by atomic mass is 9.87. The van der Waals surface area contributed by atoms with Gasteiger partial charge in [0.25, 0.3) is 11.1 Å². The van der Waals surface area contributed by atoms with E-state index in [1.807, 2.05) is 18.2 Å². The van der Waals surface area contributed by atoms with Crippen LogP contribution in [0.5, 0.6) is 0 Å². The third-order valence-electron chi connectivity index (χ3n) is 4.89. The van der Waals surface area contributed by atoms with Crippen molar-refractivity contribution in [3.63, 3.8) is 0 Å². The second kappa shape index (κ2) is 7.34. The number of piperidine rings is 1. The lowest BCUT2D eigenvalue weighted by molar-refractivity contribution is -0.912. The number of nitrogens with zero attached hydrogens (tertiary/aromatic N) is 1. The van der Waals surface area contributed by atoms with Crippen LogP contribution in [0.1, 0.15) is 51.2 Å². The first-order valence-corrected chi connectivity index (χ1v) is 9.86. The molecule has 0 aromatic heterocycles. The molecule has 1 aromatic rings. The number of carbonyl (C=O) groups is 2. The minimum Gasteiger partial charge on any atom is -0.317 e. The van der Waals surface area contributed by atoms with Crippen molar-refractivity contribution in [1.82, 2.24) is 4.90 Å². The Hall–Kier alpha value is -1.59. The highest BCUT2D eigenvalue weighted by Crippen LogP contribution is 2.32. The topological polar surface area (TPSA) is 41.8 Å². The highest BCUT2D eigenvalue weighted by molar-refractivity contribution is 8.18. The molecule has 0 radical (unpaired) electrons. The average molecular weight is 360 g/mol. The SMILES string of the molecule is CC(C)(C)c1ccc(/C=C2/SC(=O)N(C[NH+]3CCCCC3)C2=O)cc1. The standard InChI is InChI=1S/C20H26N2O2S/c1-20(2,3)16-9-7-15(8-10-16)13-17-18(23)22(19(24)25-17)14-21-11-5-4-6-12-21/h7-10,13H,4-6,11-12,14H2,1-3H3/p+1/b17-13+. The third kappa shape index (κ3) is 4.33.